The lowest BCUT2D eigenvalue weighted by atomic mass is 10.2. The molecule has 1 aromatic rings. The average molecular weight is 256 g/mol. The van der Waals surface area contributed by atoms with Gasteiger partial charge >= 0.3 is 0 Å². The van der Waals surface area contributed by atoms with Gasteiger partial charge in [0.1, 0.15) is 5.82 Å². The number of anilines is 1. The van der Waals surface area contributed by atoms with Gasteiger partial charge in [-0.1, -0.05) is 0 Å². The van der Waals surface area contributed by atoms with Crippen LogP contribution in [0.4, 0.5) is 10.1 Å². The van der Waals surface area contributed by atoms with E-state index in [-0.39, 0.29) is 11.7 Å². The van der Waals surface area contributed by atoms with Gasteiger partial charge in [-0.15, -0.1) is 0 Å². The van der Waals surface area contributed by atoms with Gasteiger partial charge in [-0.3, -0.25) is 4.79 Å². The van der Waals surface area contributed by atoms with Crippen LogP contribution in [0.1, 0.15) is 12.0 Å². The van der Waals surface area contributed by atoms with Crippen LogP contribution in [-0.4, -0.2) is 24.0 Å². The van der Waals surface area contributed by atoms with Gasteiger partial charge in [-0.2, -0.15) is 11.8 Å². The van der Waals surface area contributed by atoms with Crippen LogP contribution in [0.5, 0.6) is 0 Å². The first-order valence-corrected chi connectivity index (χ1v) is 6.75. The molecule has 0 aliphatic rings. The fourth-order valence-corrected chi connectivity index (χ4v) is 1.91. The van der Waals surface area contributed by atoms with Crippen molar-refractivity contribution in [3.63, 3.8) is 0 Å². The van der Waals surface area contributed by atoms with Crippen molar-refractivity contribution in [2.45, 2.75) is 19.4 Å². The number of benzene rings is 1. The predicted molar refractivity (Wildman–Crippen MR) is 70.7 cm³/mol. The smallest absolute Gasteiger partial charge is 0.241 e. The van der Waals surface area contributed by atoms with Crippen LogP contribution in [0.25, 0.3) is 0 Å². The number of nitrogens with one attached hydrogen (secondary N) is 1. The van der Waals surface area contributed by atoms with Crippen LogP contribution in [0.3, 0.4) is 0 Å². The number of halogens is 1. The number of amides is 1. The molecule has 0 radical (unpaired) electrons. The highest BCUT2D eigenvalue weighted by atomic mass is 32.2. The Morgan fingerprint density at radius 3 is 2.82 bits per heavy atom. The SMILES string of the molecule is CSCC[C@H](N)C(=O)Nc1cc(C)cc(F)c1. The largest absolute Gasteiger partial charge is 0.325 e. The Labute approximate surface area is 105 Å². The number of carbonyl (C=O) groups is 1. The predicted octanol–water partition coefficient (Wildman–Crippen LogP) is 2.15. The monoisotopic (exact) mass is 256 g/mol. The van der Waals surface area contributed by atoms with Gasteiger partial charge in [0.15, 0.2) is 0 Å². The minimum Gasteiger partial charge on any atom is -0.325 e. The van der Waals surface area contributed by atoms with E-state index in [4.69, 9.17) is 5.73 Å². The van der Waals surface area contributed by atoms with Crippen LogP contribution in [-0.2, 0) is 4.79 Å². The molecule has 1 rings (SSSR count). The quantitative estimate of drug-likeness (QED) is 0.848. The van der Waals surface area contributed by atoms with Crippen molar-refractivity contribution in [2.75, 3.05) is 17.3 Å². The molecule has 0 saturated carbocycles. The molecule has 17 heavy (non-hydrogen) atoms. The van der Waals surface area contributed by atoms with Crippen LogP contribution >= 0.6 is 11.8 Å². The molecule has 0 aromatic heterocycles. The minimum atomic E-state index is -0.550. The van der Waals surface area contributed by atoms with E-state index in [1.54, 1.807) is 24.8 Å². The fourth-order valence-electron chi connectivity index (χ4n) is 1.42. The number of aryl methyl sites for hydroxylation is 1. The zero-order valence-electron chi connectivity index (χ0n) is 10.00. The third-order valence-corrected chi connectivity index (χ3v) is 2.92. The second-order valence-electron chi connectivity index (χ2n) is 3.89. The third-order valence-electron chi connectivity index (χ3n) is 2.28. The lowest BCUT2D eigenvalue weighted by Gasteiger charge is -2.12. The number of rotatable bonds is 5. The molecule has 0 spiro atoms. The molecule has 0 aliphatic heterocycles. The highest BCUT2D eigenvalue weighted by Crippen LogP contribution is 2.13. The molecular weight excluding hydrogens is 239 g/mol. The van der Waals surface area contributed by atoms with Crippen LogP contribution in [0, 0.1) is 12.7 Å². The van der Waals surface area contributed by atoms with Crippen LogP contribution in [0.15, 0.2) is 18.2 Å². The summed E-state index contributed by atoms with van der Waals surface area (Å²) in [5.74, 6) is 0.193. The normalized spacial score (nSPS) is 12.2. The molecule has 0 unspecified atom stereocenters. The van der Waals surface area contributed by atoms with E-state index in [1.165, 1.54) is 12.1 Å². The highest BCUT2D eigenvalue weighted by Gasteiger charge is 2.13. The molecule has 1 amide bonds. The summed E-state index contributed by atoms with van der Waals surface area (Å²) in [4.78, 5) is 11.7. The summed E-state index contributed by atoms with van der Waals surface area (Å²) in [6, 6.07) is 3.85. The Morgan fingerprint density at radius 2 is 2.24 bits per heavy atom. The van der Waals surface area contributed by atoms with Crippen molar-refractivity contribution in [1.29, 1.82) is 0 Å². The summed E-state index contributed by atoms with van der Waals surface area (Å²) in [6.07, 6.45) is 2.57. The molecular formula is C12H17FN2OS. The summed E-state index contributed by atoms with van der Waals surface area (Å²) in [5.41, 5.74) is 6.92. The lowest BCUT2D eigenvalue weighted by molar-refractivity contribution is -0.117. The maximum absolute atomic E-state index is 13.1. The number of carbonyl (C=O) groups excluding carboxylic acids is 1. The van der Waals surface area contributed by atoms with Gasteiger partial charge in [0.2, 0.25) is 5.91 Å². The molecule has 0 saturated heterocycles. The van der Waals surface area contributed by atoms with Gasteiger partial charge in [0.05, 0.1) is 6.04 Å². The van der Waals surface area contributed by atoms with Gasteiger partial charge in [0, 0.05) is 5.69 Å². The number of thioether (sulfide) groups is 1. The molecule has 5 heteroatoms. The van der Waals surface area contributed by atoms with Gasteiger partial charge in [0.25, 0.3) is 0 Å². The second kappa shape index (κ2) is 6.61. The molecule has 0 heterocycles. The molecule has 0 aliphatic carbocycles. The summed E-state index contributed by atoms with van der Waals surface area (Å²) >= 11 is 1.64. The molecule has 0 bridgehead atoms. The Kier molecular flexibility index (Phi) is 5.44. The van der Waals surface area contributed by atoms with Crippen molar-refractivity contribution in [3.05, 3.63) is 29.6 Å². The first-order chi connectivity index (χ1) is 8.02. The van der Waals surface area contributed by atoms with Gasteiger partial charge in [-0.05, 0) is 49.1 Å². The van der Waals surface area contributed by atoms with Crippen molar-refractivity contribution >= 4 is 23.4 Å². The van der Waals surface area contributed by atoms with E-state index < -0.39 is 6.04 Å². The van der Waals surface area contributed by atoms with Gasteiger partial charge in [-0.25, -0.2) is 4.39 Å². The Morgan fingerprint density at radius 1 is 1.53 bits per heavy atom. The first-order valence-electron chi connectivity index (χ1n) is 5.35. The maximum Gasteiger partial charge on any atom is 0.241 e. The Balaban J connectivity index is 2.61. The van der Waals surface area contributed by atoms with Crippen molar-refractivity contribution in [2.24, 2.45) is 5.73 Å². The molecule has 94 valence electrons. The zero-order chi connectivity index (χ0) is 12.8. The summed E-state index contributed by atoms with van der Waals surface area (Å²) in [6.45, 7) is 1.77. The topological polar surface area (TPSA) is 55.1 Å². The Bertz CT molecular complexity index is 378. The first kappa shape index (κ1) is 14.0. The number of hydrogen-bond donors (Lipinski definition) is 2. The lowest BCUT2D eigenvalue weighted by Crippen LogP contribution is -2.36. The summed E-state index contributed by atoms with van der Waals surface area (Å²) in [5, 5.41) is 2.62. The van der Waals surface area contributed by atoms with E-state index in [0.717, 1.165) is 11.3 Å². The fraction of sp³-hybridized carbons (Fsp3) is 0.417. The molecule has 1 atom stereocenters. The molecule has 1 aromatic carbocycles. The standard InChI is InChI=1S/C12H17FN2OS/c1-8-5-9(13)7-10(6-8)15-12(16)11(14)3-4-17-2/h5-7,11H,3-4,14H2,1-2H3,(H,15,16)/t11-/m0/s1. The van der Waals surface area contributed by atoms with Crippen molar-refractivity contribution < 1.29 is 9.18 Å². The minimum absolute atomic E-state index is 0.274. The highest BCUT2D eigenvalue weighted by molar-refractivity contribution is 7.98. The number of hydrogen-bond acceptors (Lipinski definition) is 3. The number of nitrogens with two attached hydrogens (primary N) is 1. The summed E-state index contributed by atoms with van der Waals surface area (Å²) < 4.78 is 13.1. The Hall–Kier alpha value is -1.07. The molecule has 3 nitrogen and oxygen atoms in total. The van der Waals surface area contributed by atoms with E-state index in [0.29, 0.717) is 12.1 Å². The third kappa shape index (κ3) is 4.75. The average Bonchev–Trinajstić information content (AvgIpc) is 2.24. The zero-order valence-corrected chi connectivity index (χ0v) is 10.8. The molecule has 0 fully saturated rings. The summed E-state index contributed by atoms with van der Waals surface area (Å²) in [7, 11) is 0. The van der Waals surface area contributed by atoms with E-state index in [1.807, 2.05) is 6.26 Å². The van der Waals surface area contributed by atoms with Crippen LogP contribution < -0.4 is 11.1 Å². The van der Waals surface area contributed by atoms with Gasteiger partial charge < -0.3 is 11.1 Å². The van der Waals surface area contributed by atoms with E-state index in [9.17, 15) is 9.18 Å². The van der Waals surface area contributed by atoms with Crippen molar-refractivity contribution in [1.82, 2.24) is 0 Å². The second-order valence-corrected chi connectivity index (χ2v) is 4.88. The molecule has 3 N–H and O–H groups in total. The van der Waals surface area contributed by atoms with Crippen LogP contribution in [0.2, 0.25) is 0 Å². The maximum atomic E-state index is 13.1. The van der Waals surface area contributed by atoms with E-state index in [2.05, 4.69) is 5.32 Å². The van der Waals surface area contributed by atoms with E-state index >= 15 is 0 Å². The van der Waals surface area contributed by atoms with Crippen molar-refractivity contribution in [3.8, 4) is 0 Å².